The molecule has 0 aliphatic carbocycles. The second-order valence-corrected chi connectivity index (χ2v) is 7.94. The number of nitrogens with zero attached hydrogens (tertiary/aromatic N) is 2. The molecule has 0 bridgehead atoms. The minimum atomic E-state index is -0.568. The molecule has 0 unspecified atom stereocenters. The largest absolute Gasteiger partial charge is 0.448 e. The number of nitrogens with one attached hydrogen (secondary N) is 1. The van der Waals surface area contributed by atoms with Crippen molar-refractivity contribution in [3.8, 4) is 0 Å². The van der Waals surface area contributed by atoms with E-state index in [1.165, 1.54) is 29.9 Å². The first kappa shape index (κ1) is 21.4. The van der Waals surface area contributed by atoms with Crippen molar-refractivity contribution >= 4 is 57.0 Å². The molecule has 1 amide bonds. The summed E-state index contributed by atoms with van der Waals surface area (Å²) in [5.41, 5.74) is 1.20. The molecule has 160 valence electrons. The third kappa shape index (κ3) is 4.43. The fourth-order valence-electron chi connectivity index (χ4n) is 3.04. The van der Waals surface area contributed by atoms with Gasteiger partial charge < -0.3 is 14.5 Å². The lowest BCUT2D eigenvalue weighted by Gasteiger charge is -2.11. The number of anilines is 1. The molecule has 1 N–H and O–H groups in total. The zero-order valence-corrected chi connectivity index (χ0v) is 17.9. The molecule has 0 spiro atoms. The van der Waals surface area contributed by atoms with Crippen LogP contribution in [0.15, 0.2) is 56.8 Å². The molecule has 0 saturated heterocycles. The van der Waals surface area contributed by atoms with Crippen molar-refractivity contribution in [3.05, 3.63) is 63.7 Å². The molecule has 4 aromatic rings. The second-order valence-electron chi connectivity index (χ2n) is 6.59. The number of thioether (sulfide) groups is 1. The van der Waals surface area contributed by atoms with Crippen LogP contribution in [-0.4, -0.2) is 34.9 Å². The van der Waals surface area contributed by atoms with Crippen LogP contribution in [0.2, 0.25) is 5.02 Å². The van der Waals surface area contributed by atoms with Crippen LogP contribution in [0.5, 0.6) is 0 Å². The zero-order chi connectivity index (χ0) is 22.0. The summed E-state index contributed by atoms with van der Waals surface area (Å²) in [6.45, 7) is 0.550. The van der Waals surface area contributed by atoms with Gasteiger partial charge in [-0.1, -0.05) is 35.5 Å². The Labute approximate surface area is 185 Å². The Balaban J connectivity index is 1.63. The molecule has 2 aromatic carbocycles. The van der Waals surface area contributed by atoms with Crippen LogP contribution in [0.25, 0.3) is 22.1 Å². The summed E-state index contributed by atoms with van der Waals surface area (Å²) in [4.78, 5) is 30.0. The first-order chi connectivity index (χ1) is 15.0. The Morgan fingerprint density at radius 3 is 2.90 bits per heavy atom. The molecule has 10 heteroatoms. The number of fused-ring (bicyclic) bond motifs is 3. The van der Waals surface area contributed by atoms with E-state index in [2.05, 4.69) is 10.3 Å². The number of carbonyl (C=O) groups excluding carboxylic acids is 1. The number of amides is 1. The van der Waals surface area contributed by atoms with Crippen LogP contribution < -0.4 is 10.9 Å². The second kappa shape index (κ2) is 9.09. The quantitative estimate of drug-likeness (QED) is 0.326. The van der Waals surface area contributed by atoms with Gasteiger partial charge in [-0.2, -0.15) is 0 Å². The van der Waals surface area contributed by atoms with Crippen LogP contribution in [0.4, 0.5) is 10.1 Å². The van der Waals surface area contributed by atoms with Crippen molar-refractivity contribution in [2.45, 2.75) is 11.7 Å². The van der Waals surface area contributed by atoms with Gasteiger partial charge in [-0.15, -0.1) is 0 Å². The van der Waals surface area contributed by atoms with Crippen molar-refractivity contribution in [1.29, 1.82) is 0 Å². The van der Waals surface area contributed by atoms with E-state index in [9.17, 15) is 14.0 Å². The van der Waals surface area contributed by atoms with E-state index in [0.29, 0.717) is 28.6 Å². The topological polar surface area (TPSA) is 86.4 Å². The van der Waals surface area contributed by atoms with Crippen molar-refractivity contribution in [2.24, 2.45) is 0 Å². The van der Waals surface area contributed by atoms with E-state index in [0.717, 1.165) is 17.1 Å². The number of benzene rings is 2. The average Bonchev–Trinajstić information content (AvgIpc) is 3.13. The van der Waals surface area contributed by atoms with E-state index < -0.39 is 5.82 Å². The van der Waals surface area contributed by atoms with Gasteiger partial charge in [0.05, 0.1) is 23.9 Å². The third-order valence-electron chi connectivity index (χ3n) is 4.50. The highest BCUT2D eigenvalue weighted by molar-refractivity contribution is 7.99. The normalized spacial score (nSPS) is 11.3. The monoisotopic (exact) mass is 461 g/mol. The summed E-state index contributed by atoms with van der Waals surface area (Å²) < 4.78 is 25.5. The maximum Gasteiger partial charge on any atom is 0.297 e. The molecule has 2 heterocycles. The number of carbonyl (C=O) groups is 1. The Hall–Kier alpha value is -2.88. The summed E-state index contributed by atoms with van der Waals surface area (Å²) >= 11 is 6.86. The summed E-state index contributed by atoms with van der Waals surface area (Å²) in [5, 5.41) is 3.66. The number of para-hydroxylation sites is 1. The Morgan fingerprint density at radius 2 is 2.13 bits per heavy atom. The van der Waals surface area contributed by atoms with E-state index in [4.69, 9.17) is 20.8 Å². The molecule has 7 nitrogen and oxygen atoms in total. The lowest BCUT2D eigenvalue weighted by molar-refractivity contribution is -0.113. The number of hydrogen-bond donors (Lipinski definition) is 1. The van der Waals surface area contributed by atoms with Crippen LogP contribution in [0.1, 0.15) is 0 Å². The highest BCUT2D eigenvalue weighted by Gasteiger charge is 2.18. The van der Waals surface area contributed by atoms with Gasteiger partial charge in [0.25, 0.3) is 5.56 Å². The van der Waals surface area contributed by atoms with Gasteiger partial charge in [-0.25, -0.2) is 9.37 Å². The van der Waals surface area contributed by atoms with Gasteiger partial charge in [-0.3, -0.25) is 14.2 Å². The predicted octanol–water partition coefficient (Wildman–Crippen LogP) is 4.31. The van der Waals surface area contributed by atoms with Crippen LogP contribution in [-0.2, 0) is 16.1 Å². The average molecular weight is 462 g/mol. The summed E-state index contributed by atoms with van der Waals surface area (Å²) in [6.07, 6.45) is 0. The maximum absolute atomic E-state index is 13.3. The van der Waals surface area contributed by atoms with Crippen LogP contribution in [0.3, 0.4) is 0 Å². The molecule has 4 rings (SSSR count). The lowest BCUT2D eigenvalue weighted by Crippen LogP contribution is -2.25. The van der Waals surface area contributed by atoms with Crippen molar-refractivity contribution in [3.63, 3.8) is 0 Å². The highest BCUT2D eigenvalue weighted by Crippen LogP contribution is 2.27. The van der Waals surface area contributed by atoms with Gasteiger partial charge >= 0.3 is 0 Å². The minimum Gasteiger partial charge on any atom is -0.448 e. The standard InChI is InChI=1S/C21H17ClFN3O4S/c1-29-9-8-26-20(28)19-18(13-4-2-3-5-16(13)30-19)25-21(26)31-11-17(27)24-12-6-7-15(23)14(22)10-12/h2-7,10H,8-9,11H2,1H3,(H,24,27). The molecule has 0 radical (unpaired) electrons. The summed E-state index contributed by atoms with van der Waals surface area (Å²) in [6, 6.07) is 11.2. The molecule has 31 heavy (non-hydrogen) atoms. The Morgan fingerprint density at radius 1 is 1.32 bits per heavy atom. The maximum atomic E-state index is 13.3. The highest BCUT2D eigenvalue weighted by atomic mass is 35.5. The summed E-state index contributed by atoms with van der Waals surface area (Å²) in [7, 11) is 1.53. The smallest absolute Gasteiger partial charge is 0.297 e. The van der Waals surface area contributed by atoms with Gasteiger partial charge in [-0.05, 0) is 30.3 Å². The van der Waals surface area contributed by atoms with E-state index in [1.807, 2.05) is 18.2 Å². The van der Waals surface area contributed by atoms with Gasteiger partial charge in [0, 0.05) is 18.2 Å². The number of methoxy groups -OCH3 is 1. The fraction of sp³-hybridized carbons (Fsp3) is 0.190. The van der Waals surface area contributed by atoms with Crippen molar-refractivity contribution < 1.29 is 18.3 Å². The molecule has 2 aromatic heterocycles. The van der Waals surface area contributed by atoms with E-state index >= 15 is 0 Å². The minimum absolute atomic E-state index is 0.0181. The Kier molecular flexibility index (Phi) is 6.26. The van der Waals surface area contributed by atoms with Crippen molar-refractivity contribution in [2.75, 3.05) is 24.8 Å². The molecule has 0 aliphatic rings. The molecule has 0 atom stereocenters. The van der Waals surface area contributed by atoms with E-state index in [-0.39, 0.29) is 34.4 Å². The first-order valence-corrected chi connectivity index (χ1v) is 10.6. The molecular weight excluding hydrogens is 445 g/mol. The molecule has 0 aliphatic heterocycles. The van der Waals surface area contributed by atoms with Crippen LogP contribution in [0, 0.1) is 5.82 Å². The van der Waals surface area contributed by atoms with Gasteiger partial charge in [0.15, 0.2) is 5.16 Å². The van der Waals surface area contributed by atoms with Gasteiger partial charge in [0.1, 0.15) is 16.9 Å². The van der Waals surface area contributed by atoms with Crippen LogP contribution >= 0.6 is 23.4 Å². The number of rotatable bonds is 7. The fourth-order valence-corrected chi connectivity index (χ4v) is 4.04. The van der Waals surface area contributed by atoms with E-state index in [1.54, 1.807) is 6.07 Å². The number of halogens is 2. The number of aromatic nitrogens is 2. The SMILES string of the molecule is COCCn1c(SCC(=O)Nc2ccc(F)c(Cl)c2)nc2c(oc3ccccc32)c1=O. The molecule has 0 saturated carbocycles. The summed E-state index contributed by atoms with van der Waals surface area (Å²) in [5.74, 6) is -0.936. The lowest BCUT2D eigenvalue weighted by atomic mass is 10.2. The molecular formula is C21H17ClFN3O4S. The molecule has 0 fully saturated rings. The number of furan rings is 1. The zero-order valence-electron chi connectivity index (χ0n) is 16.4. The first-order valence-electron chi connectivity index (χ1n) is 9.26. The van der Waals surface area contributed by atoms with Crippen molar-refractivity contribution in [1.82, 2.24) is 9.55 Å². The third-order valence-corrected chi connectivity index (χ3v) is 5.77. The number of ether oxygens (including phenoxy) is 1. The predicted molar refractivity (Wildman–Crippen MR) is 118 cm³/mol. The Bertz CT molecular complexity index is 1340. The van der Waals surface area contributed by atoms with Gasteiger partial charge in [0.2, 0.25) is 11.5 Å². The number of hydrogen-bond acceptors (Lipinski definition) is 6.